The first-order chi connectivity index (χ1) is 10.7. The molecule has 0 aliphatic carbocycles. The van der Waals surface area contributed by atoms with Crippen molar-refractivity contribution in [2.45, 2.75) is 6.42 Å². The first-order valence-corrected chi connectivity index (χ1v) is 6.78. The second kappa shape index (κ2) is 7.87. The normalized spacial score (nSPS) is 9.91. The van der Waals surface area contributed by atoms with Crippen LogP contribution in [0.4, 0.5) is 5.69 Å². The van der Waals surface area contributed by atoms with E-state index in [-0.39, 0.29) is 18.9 Å². The Morgan fingerprint density at radius 2 is 1.86 bits per heavy atom. The van der Waals surface area contributed by atoms with E-state index in [2.05, 4.69) is 10.3 Å². The van der Waals surface area contributed by atoms with E-state index >= 15 is 0 Å². The van der Waals surface area contributed by atoms with E-state index in [9.17, 15) is 4.79 Å². The van der Waals surface area contributed by atoms with E-state index in [0.717, 1.165) is 0 Å². The van der Waals surface area contributed by atoms with E-state index in [1.54, 1.807) is 31.4 Å². The summed E-state index contributed by atoms with van der Waals surface area (Å²) in [5.41, 5.74) is 0.614. The number of aromatic nitrogens is 1. The highest BCUT2D eigenvalue weighted by atomic mass is 16.5. The van der Waals surface area contributed by atoms with E-state index in [0.29, 0.717) is 23.1 Å². The van der Waals surface area contributed by atoms with Crippen molar-refractivity contribution >= 4 is 11.6 Å². The molecule has 0 saturated carbocycles. The fourth-order valence-electron chi connectivity index (χ4n) is 1.79. The minimum atomic E-state index is -0.151. The summed E-state index contributed by atoms with van der Waals surface area (Å²) in [5, 5.41) is 2.74. The zero-order chi connectivity index (χ0) is 15.8. The van der Waals surface area contributed by atoms with Gasteiger partial charge in [0.2, 0.25) is 11.8 Å². The zero-order valence-electron chi connectivity index (χ0n) is 12.5. The molecule has 6 nitrogen and oxygen atoms in total. The highest BCUT2D eigenvalue weighted by molar-refractivity contribution is 5.90. The van der Waals surface area contributed by atoms with Crippen LogP contribution in [-0.2, 0) is 4.79 Å². The number of methoxy groups -OCH3 is 2. The molecule has 0 saturated heterocycles. The lowest BCUT2D eigenvalue weighted by molar-refractivity contribution is -0.116. The van der Waals surface area contributed by atoms with E-state index in [4.69, 9.17) is 14.2 Å². The average molecular weight is 302 g/mol. The van der Waals surface area contributed by atoms with Crippen molar-refractivity contribution in [3.63, 3.8) is 0 Å². The maximum Gasteiger partial charge on any atom is 0.227 e. The Kier molecular flexibility index (Phi) is 5.59. The Bertz CT molecular complexity index is 614. The van der Waals surface area contributed by atoms with Crippen LogP contribution in [0.1, 0.15) is 6.42 Å². The molecule has 0 aliphatic rings. The lowest BCUT2D eigenvalue weighted by Crippen LogP contribution is -2.15. The van der Waals surface area contributed by atoms with Crippen molar-refractivity contribution < 1.29 is 19.0 Å². The molecule has 2 rings (SSSR count). The number of hydrogen-bond acceptors (Lipinski definition) is 5. The molecule has 6 heteroatoms. The first-order valence-electron chi connectivity index (χ1n) is 6.78. The lowest BCUT2D eigenvalue weighted by Gasteiger charge is -2.10. The van der Waals surface area contributed by atoms with Crippen LogP contribution in [0.25, 0.3) is 0 Å². The number of anilines is 1. The van der Waals surface area contributed by atoms with E-state index in [1.807, 2.05) is 12.1 Å². The van der Waals surface area contributed by atoms with Gasteiger partial charge in [0.1, 0.15) is 0 Å². The maximum atomic E-state index is 11.8. The number of hydrogen-bond donors (Lipinski definition) is 1. The molecule has 116 valence electrons. The van der Waals surface area contributed by atoms with Gasteiger partial charge in [-0.05, 0) is 18.2 Å². The second-order valence-electron chi connectivity index (χ2n) is 4.39. The summed E-state index contributed by atoms with van der Waals surface area (Å²) in [4.78, 5) is 15.8. The monoisotopic (exact) mass is 302 g/mol. The molecule has 0 radical (unpaired) electrons. The highest BCUT2D eigenvalue weighted by Crippen LogP contribution is 2.25. The molecule has 1 aromatic heterocycles. The van der Waals surface area contributed by atoms with Gasteiger partial charge in [0, 0.05) is 6.07 Å². The molecule has 0 aliphatic heterocycles. The number of rotatable bonds is 7. The van der Waals surface area contributed by atoms with Crippen LogP contribution in [0.5, 0.6) is 17.4 Å². The Morgan fingerprint density at radius 3 is 2.50 bits per heavy atom. The third kappa shape index (κ3) is 4.37. The smallest absolute Gasteiger partial charge is 0.227 e. The molecule has 22 heavy (non-hydrogen) atoms. The Balaban J connectivity index is 1.80. The second-order valence-corrected chi connectivity index (χ2v) is 4.39. The first kappa shape index (κ1) is 15.6. The van der Waals surface area contributed by atoms with Crippen LogP contribution in [0, 0.1) is 0 Å². The molecule has 0 spiro atoms. The molecule has 0 unspecified atom stereocenters. The third-order valence-electron chi connectivity index (χ3n) is 2.89. The number of carbonyl (C=O) groups is 1. The van der Waals surface area contributed by atoms with Gasteiger partial charge in [-0.2, -0.15) is 0 Å². The summed E-state index contributed by atoms with van der Waals surface area (Å²) >= 11 is 0. The molecule has 0 atom stereocenters. The van der Waals surface area contributed by atoms with Crippen molar-refractivity contribution in [1.82, 2.24) is 4.98 Å². The summed E-state index contributed by atoms with van der Waals surface area (Å²) in [7, 11) is 3.11. The van der Waals surface area contributed by atoms with Gasteiger partial charge in [0.25, 0.3) is 0 Å². The van der Waals surface area contributed by atoms with Gasteiger partial charge in [-0.1, -0.05) is 12.1 Å². The molecule has 1 amide bonds. The fourth-order valence-corrected chi connectivity index (χ4v) is 1.79. The topological polar surface area (TPSA) is 69.7 Å². The molecule has 1 heterocycles. The number of nitrogens with zero attached hydrogens (tertiary/aromatic N) is 1. The molecular formula is C16H18N2O4. The molecular weight excluding hydrogens is 284 g/mol. The number of para-hydroxylation sites is 2. The summed E-state index contributed by atoms with van der Waals surface area (Å²) in [5.74, 6) is 1.60. The van der Waals surface area contributed by atoms with Crippen LogP contribution in [-0.4, -0.2) is 31.7 Å². The number of pyridine rings is 1. The van der Waals surface area contributed by atoms with Gasteiger partial charge in [-0.15, -0.1) is 0 Å². The predicted octanol–water partition coefficient (Wildman–Crippen LogP) is 2.51. The molecule has 0 bridgehead atoms. The number of nitrogens with one attached hydrogen (secondary N) is 1. The Hall–Kier alpha value is -2.76. The van der Waals surface area contributed by atoms with Crippen molar-refractivity contribution in [2.24, 2.45) is 0 Å². The summed E-state index contributed by atoms with van der Waals surface area (Å²) in [6, 6.07) is 10.7. The standard InChI is InChI=1S/C16H18N2O4/c1-20-13-5-3-4-6-14(13)22-10-9-15(19)18-12-7-8-16(21-2)17-11-12/h3-8,11H,9-10H2,1-2H3,(H,18,19). The summed E-state index contributed by atoms with van der Waals surface area (Å²) < 4.78 is 15.7. The van der Waals surface area contributed by atoms with Crippen LogP contribution in [0.3, 0.4) is 0 Å². The van der Waals surface area contributed by atoms with Gasteiger partial charge in [0.05, 0.1) is 39.1 Å². The van der Waals surface area contributed by atoms with Gasteiger partial charge < -0.3 is 19.5 Å². The molecule has 1 N–H and O–H groups in total. The number of amides is 1. The lowest BCUT2D eigenvalue weighted by atomic mass is 10.3. The van der Waals surface area contributed by atoms with Crippen molar-refractivity contribution in [2.75, 3.05) is 26.1 Å². The fraction of sp³-hybridized carbons (Fsp3) is 0.250. The minimum absolute atomic E-state index is 0.151. The van der Waals surface area contributed by atoms with Gasteiger partial charge in [-0.3, -0.25) is 4.79 Å². The quantitative estimate of drug-likeness (QED) is 0.851. The number of carbonyl (C=O) groups excluding carboxylic acids is 1. The third-order valence-corrected chi connectivity index (χ3v) is 2.89. The highest BCUT2D eigenvalue weighted by Gasteiger charge is 2.06. The van der Waals surface area contributed by atoms with Crippen LogP contribution in [0.2, 0.25) is 0 Å². The zero-order valence-corrected chi connectivity index (χ0v) is 12.5. The van der Waals surface area contributed by atoms with Gasteiger partial charge in [-0.25, -0.2) is 4.98 Å². The summed E-state index contributed by atoms with van der Waals surface area (Å²) in [6.07, 6.45) is 1.77. The van der Waals surface area contributed by atoms with E-state index < -0.39 is 0 Å². The van der Waals surface area contributed by atoms with Gasteiger partial charge >= 0.3 is 0 Å². The van der Waals surface area contributed by atoms with Crippen molar-refractivity contribution in [1.29, 1.82) is 0 Å². The Labute approximate surface area is 129 Å². The largest absolute Gasteiger partial charge is 0.493 e. The van der Waals surface area contributed by atoms with Crippen LogP contribution >= 0.6 is 0 Å². The SMILES string of the molecule is COc1ccc(NC(=O)CCOc2ccccc2OC)cn1. The number of benzene rings is 1. The maximum absolute atomic E-state index is 11.8. The number of ether oxygens (including phenoxy) is 3. The minimum Gasteiger partial charge on any atom is -0.493 e. The van der Waals surface area contributed by atoms with Crippen LogP contribution in [0.15, 0.2) is 42.6 Å². The van der Waals surface area contributed by atoms with Crippen molar-refractivity contribution in [3.8, 4) is 17.4 Å². The molecule has 2 aromatic rings. The van der Waals surface area contributed by atoms with Crippen molar-refractivity contribution in [3.05, 3.63) is 42.6 Å². The Morgan fingerprint density at radius 1 is 1.09 bits per heavy atom. The summed E-state index contributed by atoms with van der Waals surface area (Å²) in [6.45, 7) is 0.260. The molecule has 1 aromatic carbocycles. The van der Waals surface area contributed by atoms with Gasteiger partial charge in [0.15, 0.2) is 11.5 Å². The van der Waals surface area contributed by atoms with Crippen LogP contribution < -0.4 is 19.5 Å². The predicted molar refractivity (Wildman–Crippen MR) is 82.5 cm³/mol. The average Bonchev–Trinajstić information content (AvgIpc) is 2.56. The van der Waals surface area contributed by atoms with E-state index in [1.165, 1.54) is 13.3 Å². The molecule has 0 fully saturated rings.